The molecule has 0 saturated carbocycles. The van der Waals surface area contributed by atoms with Crippen molar-refractivity contribution in [1.29, 1.82) is 0 Å². The molecule has 0 amide bonds. The zero-order chi connectivity index (χ0) is 12.1. The van der Waals surface area contributed by atoms with E-state index in [2.05, 4.69) is 39.8 Å². The second-order valence-corrected chi connectivity index (χ2v) is 4.82. The summed E-state index contributed by atoms with van der Waals surface area (Å²) in [6, 6.07) is 5.83. The van der Waals surface area contributed by atoms with Crippen LogP contribution in [0.5, 0.6) is 5.75 Å². The molecule has 1 rings (SSSR count). The van der Waals surface area contributed by atoms with Crippen LogP contribution in [-0.2, 0) is 0 Å². The summed E-state index contributed by atoms with van der Waals surface area (Å²) < 4.78 is 0. The van der Waals surface area contributed by atoms with E-state index in [1.807, 2.05) is 6.07 Å². The highest BCUT2D eigenvalue weighted by Crippen LogP contribution is 2.29. The molecule has 1 atom stereocenters. The largest absolute Gasteiger partial charge is 0.508 e. The lowest BCUT2D eigenvalue weighted by Gasteiger charge is -2.13. The average molecular weight is 218 g/mol. The van der Waals surface area contributed by atoms with E-state index in [0.29, 0.717) is 11.7 Å². The number of benzene rings is 1. The molecule has 0 aliphatic rings. The molecule has 1 unspecified atom stereocenters. The predicted octanol–water partition coefficient (Wildman–Crippen LogP) is 4.55. The lowest BCUT2D eigenvalue weighted by molar-refractivity contribution is 0.460. The Bertz CT molecular complexity index is 373. The molecular formula is C15H22O. The smallest absolute Gasteiger partial charge is 0.119 e. The number of aryl methyl sites for hydroxylation is 1. The summed E-state index contributed by atoms with van der Waals surface area (Å²) in [5, 5.41) is 9.80. The third-order valence-corrected chi connectivity index (χ3v) is 2.87. The summed E-state index contributed by atoms with van der Waals surface area (Å²) >= 11 is 0. The second kappa shape index (κ2) is 5.74. The van der Waals surface area contributed by atoms with Gasteiger partial charge in [0.2, 0.25) is 0 Å². The first kappa shape index (κ1) is 12.8. The molecule has 0 radical (unpaired) electrons. The van der Waals surface area contributed by atoms with Crippen LogP contribution < -0.4 is 0 Å². The summed E-state index contributed by atoms with van der Waals surface area (Å²) in [5.74, 6) is 0.839. The first-order chi connectivity index (χ1) is 7.50. The number of hydrogen-bond acceptors (Lipinski definition) is 1. The van der Waals surface area contributed by atoms with Crippen molar-refractivity contribution in [2.24, 2.45) is 0 Å². The van der Waals surface area contributed by atoms with E-state index in [1.54, 1.807) is 6.07 Å². The van der Waals surface area contributed by atoms with Crippen LogP contribution >= 0.6 is 0 Å². The highest BCUT2D eigenvalue weighted by Gasteiger charge is 2.09. The fraction of sp³-hybridized carbons (Fsp3) is 0.467. The number of rotatable bonds is 4. The Hall–Kier alpha value is -1.24. The lowest BCUT2D eigenvalue weighted by Crippen LogP contribution is -1.94. The number of phenolic OH excluding ortho intramolecular Hbond substituents is 1. The van der Waals surface area contributed by atoms with E-state index >= 15 is 0 Å². The summed E-state index contributed by atoms with van der Waals surface area (Å²) in [5.41, 5.74) is 3.64. The van der Waals surface area contributed by atoms with Crippen LogP contribution in [0.25, 0.3) is 0 Å². The van der Waals surface area contributed by atoms with Crippen molar-refractivity contribution in [1.82, 2.24) is 0 Å². The molecular weight excluding hydrogens is 196 g/mol. The highest BCUT2D eigenvalue weighted by atomic mass is 16.3. The minimum atomic E-state index is 0.412. The standard InChI is InChI=1S/C15H22O/c1-11(2)6-5-7-13(4)14-10-12(3)8-9-15(14)16/h6,8-10,13,16H,5,7H2,1-4H3. The first-order valence-corrected chi connectivity index (χ1v) is 5.93. The van der Waals surface area contributed by atoms with Crippen LogP contribution in [-0.4, -0.2) is 5.11 Å². The SMILES string of the molecule is CC(C)=CCCC(C)c1cc(C)ccc1O. The molecule has 0 aliphatic carbocycles. The van der Waals surface area contributed by atoms with Gasteiger partial charge in [0.1, 0.15) is 5.75 Å². The normalized spacial score (nSPS) is 12.2. The Balaban J connectivity index is 2.69. The van der Waals surface area contributed by atoms with Gasteiger partial charge in [0, 0.05) is 0 Å². The zero-order valence-electron chi connectivity index (χ0n) is 10.7. The van der Waals surface area contributed by atoms with Crippen molar-refractivity contribution in [3.63, 3.8) is 0 Å². The minimum absolute atomic E-state index is 0.412. The Morgan fingerprint density at radius 3 is 2.69 bits per heavy atom. The molecule has 0 fully saturated rings. The molecule has 1 aromatic carbocycles. The van der Waals surface area contributed by atoms with Crippen molar-refractivity contribution < 1.29 is 5.11 Å². The quantitative estimate of drug-likeness (QED) is 0.735. The van der Waals surface area contributed by atoms with Gasteiger partial charge in [-0.2, -0.15) is 0 Å². The van der Waals surface area contributed by atoms with Crippen molar-refractivity contribution in [3.05, 3.63) is 41.0 Å². The molecule has 16 heavy (non-hydrogen) atoms. The van der Waals surface area contributed by atoms with Gasteiger partial charge in [-0.05, 0) is 51.2 Å². The monoisotopic (exact) mass is 218 g/mol. The maximum Gasteiger partial charge on any atom is 0.119 e. The number of allylic oxidation sites excluding steroid dienone is 2. The predicted molar refractivity (Wildman–Crippen MR) is 69.9 cm³/mol. The van der Waals surface area contributed by atoms with Gasteiger partial charge >= 0.3 is 0 Å². The van der Waals surface area contributed by atoms with Gasteiger partial charge in [-0.3, -0.25) is 0 Å². The molecule has 1 heteroatoms. The maximum atomic E-state index is 9.80. The van der Waals surface area contributed by atoms with Gasteiger partial charge in [0.15, 0.2) is 0 Å². The topological polar surface area (TPSA) is 20.2 Å². The zero-order valence-corrected chi connectivity index (χ0v) is 10.7. The summed E-state index contributed by atoms with van der Waals surface area (Å²) in [4.78, 5) is 0. The Labute approximate surface area is 98.8 Å². The van der Waals surface area contributed by atoms with Gasteiger partial charge in [-0.1, -0.05) is 36.3 Å². The molecule has 0 heterocycles. The van der Waals surface area contributed by atoms with Crippen LogP contribution in [0.4, 0.5) is 0 Å². The van der Waals surface area contributed by atoms with E-state index in [-0.39, 0.29) is 0 Å². The van der Waals surface area contributed by atoms with E-state index in [4.69, 9.17) is 0 Å². The fourth-order valence-corrected chi connectivity index (χ4v) is 1.85. The van der Waals surface area contributed by atoms with Crippen LogP contribution in [0.2, 0.25) is 0 Å². The van der Waals surface area contributed by atoms with E-state index in [1.165, 1.54) is 11.1 Å². The number of aromatic hydroxyl groups is 1. The molecule has 0 spiro atoms. The van der Waals surface area contributed by atoms with Crippen molar-refractivity contribution in [2.45, 2.75) is 46.5 Å². The number of phenols is 1. The van der Waals surface area contributed by atoms with E-state index in [0.717, 1.165) is 18.4 Å². The van der Waals surface area contributed by atoms with E-state index in [9.17, 15) is 5.11 Å². The molecule has 88 valence electrons. The van der Waals surface area contributed by atoms with E-state index < -0.39 is 0 Å². The molecule has 1 aromatic rings. The minimum Gasteiger partial charge on any atom is -0.508 e. The molecule has 0 bridgehead atoms. The summed E-state index contributed by atoms with van der Waals surface area (Å²) in [6.07, 6.45) is 4.42. The molecule has 0 saturated heterocycles. The molecule has 0 aliphatic heterocycles. The Morgan fingerprint density at radius 1 is 1.38 bits per heavy atom. The first-order valence-electron chi connectivity index (χ1n) is 5.93. The summed E-state index contributed by atoms with van der Waals surface area (Å²) in [7, 11) is 0. The van der Waals surface area contributed by atoms with Crippen molar-refractivity contribution >= 4 is 0 Å². The highest BCUT2D eigenvalue weighted by molar-refractivity contribution is 5.37. The maximum absolute atomic E-state index is 9.80. The van der Waals surface area contributed by atoms with Crippen LogP contribution in [0, 0.1) is 6.92 Å². The Kier molecular flexibility index (Phi) is 4.60. The van der Waals surface area contributed by atoms with Gasteiger partial charge < -0.3 is 5.11 Å². The summed E-state index contributed by atoms with van der Waals surface area (Å²) in [6.45, 7) is 8.47. The number of hydrogen-bond donors (Lipinski definition) is 1. The van der Waals surface area contributed by atoms with Crippen molar-refractivity contribution in [2.75, 3.05) is 0 Å². The third-order valence-electron chi connectivity index (χ3n) is 2.87. The Morgan fingerprint density at radius 2 is 2.06 bits per heavy atom. The fourth-order valence-electron chi connectivity index (χ4n) is 1.85. The van der Waals surface area contributed by atoms with Gasteiger partial charge in [0.05, 0.1) is 0 Å². The van der Waals surface area contributed by atoms with Gasteiger partial charge in [-0.25, -0.2) is 0 Å². The molecule has 0 aromatic heterocycles. The van der Waals surface area contributed by atoms with Gasteiger partial charge in [0.25, 0.3) is 0 Å². The van der Waals surface area contributed by atoms with Gasteiger partial charge in [-0.15, -0.1) is 0 Å². The lowest BCUT2D eigenvalue weighted by atomic mass is 9.94. The molecule has 1 nitrogen and oxygen atoms in total. The van der Waals surface area contributed by atoms with Crippen LogP contribution in [0.15, 0.2) is 29.8 Å². The van der Waals surface area contributed by atoms with Crippen molar-refractivity contribution in [3.8, 4) is 5.75 Å². The third kappa shape index (κ3) is 3.73. The van der Waals surface area contributed by atoms with Crippen LogP contribution in [0.3, 0.4) is 0 Å². The second-order valence-electron chi connectivity index (χ2n) is 4.82. The van der Waals surface area contributed by atoms with Crippen LogP contribution in [0.1, 0.15) is 50.7 Å². The average Bonchev–Trinajstić information content (AvgIpc) is 2.21. The molecule has 1 N–H and O–H groups in total.